The first-order valence-electron chi connectivity index (χ1n) is 5.85. The Bertz CT molecular complexity index is 611. The Balaban J connectivity index is 2.35. The van der Waals surface area contributed by atoms with E-state index in [1.165, 1.54) is 12.1 Å². The van der Waals surface area contributed by atoms with E-state index in [-0.39, 0.29) is 11.3 Å². The van der Waals surface area contributed by atoms with E-state index >= 15 is 0 Å². The number of hydrogen-bond donors (Lipinski definition) is 0. The fourth-order valence-corrected chi connectivity index (χ4v) is 2.21. The Morgan fingerprint density at radius 3 is 2.63 bits per heavy atom. The van der Waals surface area contributed by atoms with Crippen LogP contribution < -0.4 is 4.74 Å². The van der Waals surface area contributed by atoms with Gasteiger partial charge in [-0.15, -0.1) is 0 Å². The van der Waals surface area contributed by atoms with Crippen molar-refractivity contribution < 1.29 is 13.9 Å². The Labute approximate surface area is 119 Å². The van der Waals surface area contributed by atoms with Gasteiger partial charge >= 0.3 is 0 Å². The highest BCUT2D eigenvalue weighted by molar-refractivity contribution is 9.10. The summed E-state index contributed by atoms with van der Waals surface area (Å²) in [6, 6.07) is 10.9. The molecule has 2 aromatic carbocycles. The number of carbonyl (C=O) groups is 1. The predicted octanol–water partition coefficient (Wildman–Crippen LogP) is 4.22. The van der Waals surface area contributed by atoms with E-state index in [9.17, 15) is 9.18 Å². The summed E-state index contributed by atoms with van der Waals surface area (Å²) in [7, 11) is 0. The maximum absolute atomic E-state index is 13.6. The molecule has 0 heterocycles. The van der Waals surface area contributed by atoms with Crippen LogP contribution in [0.2, 0.25) is 0 Å². The van der Waals surface area contributed by atoms with Crippen molar-refractivity contribution in [1.29, 1.82) is 0 Å². The molecule has 0 fully saturated rings. The predicted molar refractivity (Wildman–Crippen MR) is 75.1 cm³/mol. The molecule has 0 radical (unpaired) electrons. The van der Waals surface area contributed by atoms with Gasteiger partial charge in [0.2, 0.25) is 0 Å². The van der Waals surface area contributed by atoms with Crippen molar-refractivity contribution in [3.63, 3.8) is 0 Å². The van der Waals surface area contributed by atoms with Crippen LogP contribution in [0.3, 0.4) is 0 Å². The zero-order valence-corrected chi connectivity index (χ0v) is 11.9. The highest BCUT2D eigenvalue weighted by Gasteiger charge is 2.14. The van der Waals surface area contributed by atoms with Crippen molar-refractivity contribution in [2.24, 2.45) is 0 Å². The molecular formula is C15H12BrFO2. The maximum Gasteiger partial charge on any atom is 0.196 e. The molecule has 0 aliphatic rings. The average Bonchev–Trinajstić information content (AvgIpc) is 2.41. The highest BCUT2D eigenvalue weighted by atomic mass is 79.9. The molecule has 98 valence electrons. The van der Waals surface area contributed by atoms with Gasteiger partial charge in [0.15, 0.2) is 5.78 Å². The SMILES string of the molecule is CCOc1ccc(C(=O)c2ccccc2F)cc1Br. The van der Waals surface area contributed by atoms with Crippen molar-refractivity contribution in [3.8, 4) is 5.75 Å². The lowest BCUT2D eigenvalue weighted by Gasteiger charge is -2.08. The lowest BCUT2D eigenvalue weighted by molar-refractivity contribution is 0.103. The number of rotatable bonds is 4. The summed E-state index contributed by atoms with van der Waals surface area (Å²) in [4.78, 5) is 12.2. The summed E-state index contributed by atoms with van der Waals surface area (Å²) in [6.07, 6.45) is 0. The molecule has 0 unspecified atom stereocenters. The monoisotopic (exact) mass is 322 g/mol. The molecule has 0 amide bonds. The summed E-state index contributed by atoms with van der Waals surface area (Å²) >= 11 is 3.34. The first-order valence-corrected chi connectivity index (χ1v) is 6.64. The second kappa shape index (κ2) is 5.97. The summed E-state index contributed by atoms with van der Waals surface area (Å²) < 4.78 is 19.6. The second-order valence-corrected chi connectivity index (χ2v) is 4.74. The number of halogens is 2. The number of hydrogen-bond acceptors (Lipinski definition) is 2. The molecule has 2 aromatic rings. The molecule has 0 atom stereocenters. The van der Waals surface area contributed by atoms with E-state index in [2.05, 4.69) is 15.9 Å². The van der Waals surface area contributed by atoms with Crippen LogP contribution in [-0.2, 0) is 0 Å². The number of ether oxygens (including phenoxy) is 1. The molecule has 0 aliphatic heterocycles. The van der Waals surface area contributed by atoms with Gasteiger partial charge in [0.05, 0.1) is 16.6 Å². The van der Waals surface area contributed by atoms with Gasteiger partial charge in [-0.1, -0.05) is 12.1 Å². The molecule has 2 nitrogen and oxygen atoms in total. The zero-order chi connectivity index (χ0) is 13.8. The van der Waals surface area contributed by atoms with Crippen molar-refractivity contribution in [2.45, 2.75) is 6.92 Å². The van der Waals surface area contributed by atoms with E-state index in [4.69, 9.17) is 4.74 Å². The molecule has 19 heavy (non-hydrogen) atoms. The molecule has 2 rings (SSSR count). The summed E-state index contributed by atoms with van der Waals surface area (Å²) in [5.41, 5.74) is 0.485. The van der Waals surface area contributed by atoms with Gasteiger partial charge in [0.25, 0.3) is 0 Å². The normalized spacial score (nSPS) is 10.3. The minimum atomic E-state index is -0.516. The van der Waals surface area contributed by atoms with E-state index < -0.39 is 5.82 Å². The Morgan fingerprint density at radius 1 is 1.26 bits per heavy atom. The van der Waals surface area contributed by atoms with Crippen LogP contribution in [0.15, 0.2) is 46.9 Å². The van der Waals surface area contributed by atoms with Crippen molar-refractivity contribution in [1.82, 2.24) is 0 Å². The molecule has 4 heteroatoms. The minimum Gasteiger partial charge on any atom is -0.493 e. The third kappa shape index (κ3) is 3.01. The summed E-state index contributed by atoms with van der Waals surface area (Å²) in [5.74, 6) is -0.202. The standard InChI is InChI=1S/C15H12BrFO2/c1-2-19-14-8-7-10(9-12(14)16)15(18)11-5-3-4-6-13(11)17/h3-9H,2H2,1H3. The zero-order valence-electron chi connectivity index (χ0n) is 10.3. The van der Waals surface area contributed by atoms with Gasteiger partial charge in [0, 0.05) is 5.56 Å². The first kappa shape index (κ1) is 13.7. The molecular weight excluding hydrogens is 311 g/mol. The largest absolute Gasteiger partial charge is 0.493 e. The van der Waals surface area contributed by atoms with E-state index in [1.807, 2.05) is 6.92 Å². The molecule has 0 N–H and O–H groups in total. The second-order valence-electron chi connectivity index (χ2n) is 3.89. The van der Waals surface area contributed by atoms with Crippen LogP contribution >= 0.6 is 15.9 Å². The van der Waals surface area contributed by atoms with Gasteiger partial charge in [-0.2, -0.15) is 0 Å². The number of carbonyl (C=O) groups excluding carboxylic acids is 1. The minimum absolute atomic E-state index is 0.0681. The third-order valence-electron chi connectivity index (χ3n) is 2.61. The highest BCUT2D eigenvalue weighted by Crippen LogP contribution is 2.27. The van der Waals surface area contributed by atoms with E-state index in [1.54, 1.807) is 30.3 Å². The third-order valence-corrected chi connectivity index (χ3v) is 3.23. The average molecular weight is 323 g/mol. The first-order chi connectivity index (χ1) is 9.13. The topological polar surface area (TPSA) is 26.3 Å². The van der Waals surface area contributed by atoms with Crippen molar-refractivity contribution >= 4 is 21.7 Å². The number of ketones is 1. The fraction of sp³-hybridized carbons (Fsp3) is 0.133. The lowest BCUT2D eigenvalue weighted by Crippen LogP contribution is -2.04. The quantitative estimate of drug-likeness (QED) is 0.788. The van der Waals surface area contributed by atoms with E-state index in [0.29, 0.717) is 22.4 Å². The fourth-order valence-electron chi connectivity index (χ4n) is 1.72. The van der Waals surface area contributed by atoms with Crippen LogP contribution in [0.5, 0.6) is 5.75 Å². The van der Waals surface area contributed by atoms with Gasteiger partial charge in [-0.3, -0.25) is 4.79 Å². The Morgan fingerprint density at radius 2 is 2.00 bits per heavy atom. The molecule has 0 saturated carbocycles. The van der Waals surface area contributed by atoms with Crippen LogP contribution in [0.1, 0.15) is 22.8 Å². The summed E-state index contributed by atoms with van der Waals surface area (Å²) in [5, 5.41) is 0. The van der Waals surface area contributed by atoms with Crippen molar-refractivity contribution in [2.75, 3.05) is 6.61 Å². The smallest absolute Gasteiger partial charge is 0.196 e. The van der Waals surface area contributed by atoms with Crippen LogP contribution in [0, 0.1) is 5.82 Å². The Kier molecular flexibility index (Phi) is 4.32. The van der Waals surface area contributed by atoms with Crippen LogP contribution in [0.25, 0.3) is 0 Å². The molecule has 0 aromatic heterocycles. The van der Waals surface area contributed by atoms with Gasteiger partial charge in [0.1, 0.15) is 11.6 Å². The van der Waals surface area contributed by atoms with Gasteiger partial charge in [-0.25, -0.2) is 4.39 Å². The lowest BCUT2D eigenvalue weighted by atomic mass is 10.0. The number of benzene rings is 2. The van der Waals surface area contributed by atoms with E-state index in [0.717, 1.165) is 0 Å². The molecule has 0 saturated heterocycles. The maximum atomic E-state index is 13.6. The van der Waals surface area contributed by atoms with Crippen LogP contribution in [-0.4, -0.2) is 12.4 Å². The van der Waals surface area contributed by atoms with Gasteiger partial charge in [-0.05, 0) is 53.2 Å². The van der Waals surface area contributed by atoms with Crippen molar-refractivity contribution in [3.05, 3.63) is 63.9 Å². The van der Waals surface area contributed by atoms with Crippen LogP contribution in [0.4, 0.5) is 4.39 Å². The molecule has 0 bridgehead atoms. The Hall–Kier alpha value is -1.68. The van der Waals surface area contributed by atoms with Gasteiger partial charge < -0.3 is 4.74 Å². The molecule has 0 spiro atoms. The summed E-state index contributed by atoms with van der Waals surface area (Å²) in [6.45, 7) is 2.42. The molecule has 0 aliphatic carbocycles.